The van der Waals surface area contributed by atoms with Crippen LogP contribution in [0.25, 0.3) is 0 Å². The Morgan fingerprint density at radius 1 is 0.970 bits per heavy atom. The molecular formula is C24H22N2O5S2. The van der Waals surface area contributed by atoms with E-state index in [0.29, 0.717) is 43.7 Å². The van der Waals surface area contributed by atoms with Gasteiger partial charge < -0.3 is 9.64 Å². The van der Waals surface area contributed by atoms with Crippen LogP contribution in [0.5, 0.6) is 0 Å². The first kappa shape index (κ1) is 21.8. The van der Waals surface area contributed by atoms with E-state index in [1.807, 2.05) is 24.3 Å². The largest absolute Gasteiger partial charge is 0.465 e. The average molecular weight is 483 g/mol. The molecule has 0 fully saturated rings. The molecule has 5 rings (SSSR count). The number of ether oxygens (including phenoxy) is 1. The quantitative estimate of drug-likeness (QED) is 0.532. The molecule has 3 heterocycles. The van der Waals surface area contributed by atoms with Crippen LogP contribution in [0.2, 0.25) is 0 Å². The number of esters is 1. The van der Waals surface area contributed by atoms with Crippen LogP contribution in [0.1, 0.15) is 36.7 Å². The van der Waals surface area contributed by atoms with Crippen LogP contribution in [0.4, 0.5) is 5.69 Å². The summed E-state index contributed by atoms with van der Waals surface area (Å²) < 4.78 is 33.2. The molecule has 0 atom stereocenters. The van der Waals surface area contributed by atoms with Gasteiger partial charge in [-0.05, 0) is 59.2 Å². The predicted octanol–water partition coefficient (Wildman–Crippen LogP) is 3.48. The molecule has 0 radical (unpaired) electrons. The summed E-state index contributed by atoms with van der Waals surface area (Å²) in [4.78, 5) is 27.1. The van der Waals surface area contributed by atoms with Crippen molar-refractivity contribution in [1.29, 1.82) is 0 Å². The lowest BCUT2D eigenvalue weighted by Gasteiger charge is -2.28. The summed E-state index contributed by atoms with van der Waals surface area (Å²) in [5.74, 6) is -0.775. The minimum Gasteiger partial charge on any atom is -0.465 e. The molecule has 1 aromatic heterocycles. The number of methoxy groups -OCH3 is 1. The number of thiophene rings is 1. The third kappa shape index (κ3) is 3.76. The predicted molar refractivity (Wildman–Crippen MR) is 125 cm³/mol. The smallest absolute Gasteiger partial charge is 0.337 e. The summed E-state index contributed by atoms with van der Waals surface area (Å²) in [5, 5.41) is 1.65. The van der Waals surface area contributed by atoms with Crippen molar-refractivity contribution < 1.29 is 22.7 Å². The van der Waals surface area contributed by atoms with Gasteiger partial charge in [-0.25, -0.2) is 13.2 Å². The third-order valence-electron chi connectivity index (χ3n) is 6.18. The minimum absolute atomic E-state index is 0.0523. The molecule has 0 N–H and O–H groups in total. The molecule has 1 amide bonds. The van der Waals surface area contributed by atoms with Gasteiger partial charge in [-0.1, -0.05) is 24.3 Å². The summed E-state index contributed by atoms with van der Waals surface area (Å²) in [5.41, 5.74) is 4.13. The van der Waals surface area contributed by atoms with Crippen molar-refractivity contribution in [2.45, 2.75) is 24.3 Å². The van der Waals surface area contributed by atoms with Crippen LogP contribution in [0.15, 0.2) is 58.8 Å². The number of carbonyl (C=O) groups excluding carboxylic acids is 2. The zero-order chi connectivity index (χ0) is 23.2. The lowest BCUT2D eigenvalue weighted by Crippen LogP contribution is -2.37. The maximum absolute atomic E-state index is 13.5. The Morgan fingerprint density at radius 3 is 2.52 bits per heavy atom. The van der Waals surface area contributed by atoms with Gasteiger partial charge in [0.1, 0.15) is 9.77 Å². The molecular weight excluding hydrogens is 460 g/mol. The Labute approximate surface area is 196 Å². The highest BCUT2D eigenvalue weighted by molar-refractivity contribution is 7.89. The van der Waals surface area contributed by atoms with E-state index in [1.54, 1.807) is 28.5 Å². The molecule has 9 heteroatoms. The van der Waals surface area contributed by atoms with Crippen molar-refractivity contribution in [3.8, 4) is 0 Å². The zero-order valence-corrected chi connectivity index (χ0v) is 19.6. The third-order valence-corrected chi connectivity index (χ3v) is 9.10. The monoisotopic (exact) mass is 482 g/mol. The van der Waals surface area contributed by atoms with E-state index < -0.39 is 16.0 Å². The molecule has 170 valence electrons. The van der Waals surface area contributed by atoms with E-state index in [1.165, 1.54) is 17.5 Å². The fourth-order valence-corrected chi connectivity index (χ4v) is 7.21. The van der Waals surface area contributed by atoms with E-state index in [9.17, 15) is 18.0 Å². The summed E-state index contributed by atoms with van der Waals surface area (Å²) in [6.07, 6.45) is 1.23. The van der Waals surface area contributed by atoms with Crippen LogP contribution in [0, 0.1) is 0 Å². The molecule has 7 nitrogen and oxygen atoms in total. The van der Waals surface area contributed by atoms with Crippen molar-refractivity contribution in [1.82, 2.24) is 4.31 Å². The van der Waals surface area contributed by atoms with Gasteiger partial charge in [0.15, 0.2) is 0 Å². The zero-order valence-electron chi connectivity index (χ0n) is 18.0. The molecule has 33 heavy (non-hydrogen) atoms. The van der Waals surface area contributed by atoms with Crippen molar-refractivity contribution in [3.05, 3.63) is 81.0 Å². The average Bonchev–Trinajstić information content (AvgIpc) is 3.50. The Morgan fingerprint density at radius 2 is 1.73 bits per heavy atom. The maximum atomic E-state index is 13.5. The van der Waals surface area contributed by atoms with E-state index in [-0.39, 0.29) is 15.7 Å². The number of fused-ring (bicyclic) bond motifs is 2. The van der Waals surface area contributed by atoms with Crippen LogP contribution in [-0.4, -0.2) is 44.8 Å². The molecule has 0 unspecified atom stereocenters. The first-order chi connectivity index (χ1) is 15.9. The van der Waals surface area contributed by atoms with Gasteiger partial charge in [0, 0.05) is 25.3 Å². The summed E-state index contributed by atoms with van der Waals surface area (Å²) in [7, 11) is -2.51. The van der Waals surface area contributed by atoms with E-state index in [4.69, 9.17) is 4.74 Å². The molecule has 3 aromatic rings. The van der Waals surface area contributed by atoms with Crippen molar-refractivity contribution in [2.24, 2.45) is 0 Å². The fourth-order valence-electron chi connectivity index (χ4n) is 4.45. The fraction of sp³-hybridized carbons (Fsp3) is 0.250. The summed E-state index contributed by atoms with van der Waals surface area (Å²) in [6.45, 7) is 1.10. The number of anilines is 1. The van der Waals surface area contributed by atoms with Gasteiger partial charge in [0.2, 0.25) is 10.0 Å². The maximum Gasteiger partial charge on any atom is 0.337 e. The molecule has 2 aliphatic heterocycles. The van der Waals surface area contributed by atoms with E-state index in [2.05, 4.69) is 0 Å². The normalized spacial score (nSPS) is 15.7. The van der Waals surface area contributed by atoms with E-state index in [0.717, 1.165) is 28.0 Å². The lowest BCUT2D eigenvalue weighted by atomic mass is 10.0. The Hall–Kier alpha value is -3.01. The Bertz CT molecular complexity index is 1360. The molecule has 0 spiro atoms. The van der Waals surface area contributed by atoms with Gasteiger partial charge in [-0.3, -0.25) is 4.79 Å². The first-order valence-electron chi connectivity index (χ1n) is 10.6. The first-order valence-corrected chi connectivity index (χ1v) is 12.9. The second-order valence-corrected chi connectivity index (χ2v) is 10.8. The van der Waals surface area contributed by atoms with Gasteiger partial charge in [0.05, 0.1) is 12.7 Å². The standard InChI is InChI=1S/C24H22N2O5S2/c1-31-24(28)18-6-7-20-17(14-18)9-12-26(20)23(27)22-21(10-13-32-22)33(29,30)25-11-8-16-4-2-3-5-19(16)15-25/h2-7,10,13-14H,8-9,11-12,15H2,1H3. The number of hydrogen-bond acceptors (Lipinski definition) is 6. The number of benzene rings is 2. The second kappa shape index (κ2) is 8.40. The van der Waals surface area contributed by atoms with Crippen molar-refractivity contribution in [3.63, 3.8) is 0 Å². The number of sulfonamides is 1. The highest BCUT2D eigenvalue weighted by atomic mass is 32.2. The van der Waals surface area contributed by atoms with Gasteiger partial charge in [-0.15, -0.1) is 11.3 Å². The van der Waals surface area contributed by atoms with Gasteiger partial charge in [-0.2, -0.15) is 4.31 Å². The van der Waals surface area contributed by atoms with Crippen molar-refractivity contribution >= 4 is 38.9 Å². The highest BCUT2D eigenvalue weighted by Gasteiger charge is 2.35. The van der Waals surface area contributed by atoms with Crippen LogP contribution in [-0.2, 0) is 34.1 Å². The molecule has 0 saturated carbocycles. The van der Waals surface area contributed by atoms with Gasteiger partial charge in [0.25, 0.3) is 5.91 Å². The molecule has 2 aromatic carbocycles. The second-order valence-electron chi connectivity index (χ2n) is 8.01. The lowest BCUT2D eigenvalue weighted by molar-refractivity contribution is 0.0600. The molecule has 0 aliphatic carbocycles. The van der Waals surface area contributed by atoms with E-state index >= 15 is 0 Å². The van der Waals surface area contributed by atoms with Crippen LogP contribution < -0.4 is 4.90 Å². The molecule has 2 aliphatic rings. The number of rotatable bonds is 4. The SMILES string of the molecule is COC(=O)c1ccc2c(c1)CCN2C(=O)c1sccc1S(=O)(=O)N1CCc2ccccc2C1. The number of carbonyl (C=O) groups is 2. The topological polar surface area (TPSA) is 84.0 Å². The van der Waals surface area contributed by atoms with Gasteiger partial charge >= 0.3 is 5.97 Å². The van der Waals surface area contributed by atoms with Crippen LogP contribution in [0.3, 0.4) is 0 Å². The number of hydrogen-bond donors (Lipinski definition) is 0. The molecule has 0 bridgehead atoms. The number of amides is 1. The minimum atomic E-state index is -3.83. The van der Waals surface area contributed by atoms with Crippen molar-refractivity contribution in [2.75, 3.05) is 25.1 Å². The molecule has 0 saturated heterocycles. The number of nitrogens with zero attached hydrogens (tertiary/aromatic N) is 2. The Balaban J connectivity index is 1.43. The Kier molecular flexibility index (Phi) is 5.55. The summed E-state index contributed by atoms with van der Waals surface area (Å²) in [6, 6.07) is 14.4. The summed E-state index contributed by atoms with van der Waals surface area (Å²) >= 11 is 1.14. The highest BCUT2D eigenvalue weighted by Crippen LogP contribution is 2.34. The van der Waals surface area contributed by atoms with Crippen LogP contribution >= 0.6 is 11.3 Å².